The lowest BCUT2D eigenvalue weighted by molar-refractivity contribution is 0.350. The number of aromatic nitrogens is 1. The summed E-state index contributed by atoms with van der Waals surface area (Å²) < 4.78 is 0.768. The van der Waals surface area contributed by atoms with E-state index in [0.29, 0.717) is 0 Å². The molecule has 0 aliphatic carbocycles. The van der Waals surface area contributed by atoms with E-state index in [1.165, 1.54) is 0 Å². The number of hydrogen-bond acceptors (Lipinski definition) is 2. The highest BCUT2D eigenvalue weighted by Gasteiger charge is 1.99. The molecule has 0 fully saturated rings. The maximum absolute atomic E-state index is 9.37. The molecule has 2 aromatic rings. The Kier molecular flexibility index (Phi) is 4.91. The second-order valence-electron chi connectivity index (χ2n) is 3.83. The maximum atomic E-state index is 9.37. The average Bonchev–Trinajstić information content (AvgIpc) is 2.46. The molecule has 0 bridgehead atoms. The van der Waals surface area contributed by atoms with Gasteiger partial charge in [-0.15, -0.1) is 0 Å². The molecule has 0 aliphatic rings. The first kappa shape index (κ1) is 13.5. The summed E-state index contributed by atoms with van der Waals surface area (Å²) >= 11 is 3.28. The van der Waals surface area contributed by atoms with Crippen LogP contribution in [0, 0.1) is 11.8 Å². The summed E-state index contributed by atoms with van der Waals surface area (Å²) in [4.78, 5) is 4.13. The minimum Gasteiger partial charge on any atom is -0.392 e. The number of aliphatic hydroxyl groups excluding tert-OH is 1. The van der Waals surface area contributed by atoms with Gasteiger partial charge in [0.1, 0.15) is 4.60 Å². The van der Waals surface area contributed by atoms with E-state index < -0.39 is 0 Å². The van der Waals surface area contributed by atoms with E-state index in [0.717, 1.165) is 21.3 Å². The molecule has 19 heavy (non-hydrogen) atoms. The van der Waals surface area contributed by atoms with Gasteiger partial charge in [0.05, 0.1) is 6.61 Å². The summed E-state index contributed by atoms with van der Waals surface area (Å²) in [5, 5.41) is 9.37. The summed E-state index contributed by atoms with van der Waals surface area (Å²) in [6.45, 7) is -0.0627. The van der Waals surface area contributed by atoms with E-state index >= 15 is 0 Å². The SMILES string of the molecule is OC/C(=C\C#Cc1ccccc1)c1ccc(Br)nc1. The van der Waals surface area contributed by atoms with Crippen LogP contribution >= 0.6 is 15.9 Å². The highest BCUT2D eigenvalue weighted by Crippen LogP contribution is 2.14. The monoisotopic (exact) mass is 313 g/mol. The van der Waals surface area contributed by atoms with Gasteiger partial charge in [0.15, 0.2) is 0 Å². The van der Waals surface area contributed by atoms with Crippen LogP contribution < -0.4 is 0 Å². The molecule has 0 saturated carbocycles. The molecule has 1 heterocycles. The lowest BCUT2D eigenvalue weighted by Gasteiger charge is -2.01. The Bertz CT molecular complexity index is 621. The molecule has 1 N–H and O–H groups in total. The van der Waals surface area contributed by atoms with Crippen molar-refractivity contribution in [2.75, 3.05) is 6.61 Å². The molecular formula is C16H12BrNO. The van der Waals surface area contributed by atoms with Gasteiger partial charge in [-0.3, -0.25) is 0 Å². The molecular weight excluding hydrogens is 302 g/mol. The van der Waals surface area contributed by atoms with Crippen LogP contribution in [0.2, 0.25) is 0 Å². The first-order valence-corrected chi connectivity index (χ1v) is 6.57. The van der Waals surface area contributed by atoms with Crippen LogP contribution in [0.5, 0.6) is 0 Å². The van der Waals surface area contributed by atoms with Crippen molar-refractivity contribution in [1.29, 1.82) is 0 Å². The Balaban J connectivity index is 2.21. The minimum atomic E-state index is -0.0627. The molecule has 3 heteroatoms. The number of pyridine rings is 1. The highest BCUT2D eigenvalue weighted by molar-refractivity contribution is 9.10. The molecule has 0 spiro atoms. The van der Waals surface area contributed by atoms with E-state index in [1.54, 1.807) is 12.3 Å². The highest BCUT2D eigenvalue weighted by atomic mass is 79.9. The zero-order valence-corrected chi connectivity index (χ0v) is 11.8. The fourth-order valence-corrected chi connectivity index (χ4v) is 1.75. The number of benzene rings is 1. The lowest BCUT2D eigenvalue weighted by Crippen LogP contribution is -1.91. The van der Waals surface area contributed by atoms with Crippen molar-refractivity contribution in [1.82, 2.24) is 4.98 Å². The van der Waals surface area contributed by atoms with Crippen LogP contribution in [-0.4, -0.2) is 16.7 Å². The van der Waals surface area contributed by atoms with Gasteiger partial charge >= 0.3 is 0 Å². The quantitative estimate of drug-likeness (QED) is 0.682. The van der Waals surface area contributed by atoms with Gasteiger partial charge in [-0.05, 0) is 51.3 Å². The molecule has 0 amide bonds. The van der Waals surface area contributed by atoms with E-state index in [2.05, 4.69) is 32.8 Å². The number of hydrogen-bond donors (Lipinski definition) is 1. The zero-order chi connectivity index (χ0) is 13.5. The molecule has 1 aromatic heterocycles. The molecule has 0 unspecified atom stereocenters. The van der Waals surface area contributed by atoms with Crippen molar-refractivity contribution in [2.45, 2.75) is 0 Å². The third-order valence-electron chi connectivity index (χ3n) is 2.51. The molecule has 0 saturated heterocycles. The summed E-state index contributed by atoms with van der Waals surface area (Å²) in [5.41, 5.74) is 2.57. The zero-order valence-electron chi connectivity index (χ0n) is 10.2. The van der Waals surface area contributed by atoms with E-state index in [4.69, 9.17) is 0 Å². The number of aliphatic hydroxyl groups is 1. The molecule has 94 valence electrons. The van der Waals surface area contributed by atoms with Gasteiger partial charge in [0, 0.05) is 11.8 Å². The summed E-state index contributed by atoms with van der Waals surface area (Å²) in [6, 6.07) is 13.5. The second-order valence-corrected chi connectivity index (χ2v) is 4.65. The van der Waals surface area contributed by atoms with Gasteiger partial charge in [-0.1, -0.05) is 36.1 Å². The molecule has 0 atom stereocenters. The van der Waals surface area contributed by atoms with Crippen LogP contribution in [0.25, 0.3) is 5.57 Å². The average molecular weight is 314 g/mol. The van der Waals surface area contributed by atoms with Crippen molar-refractivity contribution in [3.63, 3.8) is 0 Å². The van der Waals surface area contributed by atoms with Crippen molar-refractivity contribution in [3.05, 3.63) is 70.5 Å². The van der Waals surface area contributed by atoms with Crippen molar-refractivity contribution in [2.24, 2.45) is 0 Å². The first-order valence-electron chi connectivity index (χ1n) is 5.78. The lowest BCUT2D eigenvalue weighted by atomic mass is 10.1. The molecule has 2 nitrogen and oxygen atoms in total. The maximum Gasteiger partial charge on any atom is 0.106 e. The second kappa shape index (κ2) is 6.89. The fraction of sp³-hybridized carbons (Fsp3) is 0.0625. The topological polar surface area (TPSA) is 33.1 Å². The van der Waals surface area contributed by atoms with Crippen LogP contribution in [0.1, 0.15) is 11.1 Å². The molecule has 0 radical (unpaired) electrons. The van der Waals surface area contributed by atoms with Crippen molar-refractivity contribution in [3.8, 4) is 11.8 Å². The summed E-state index contributed by atoms with van der Waals surface area (Å²) in [7, 11) is 0. The largest absolute Gasteiger partial charge is 0.392 e. The number of allylic oxidation sites excluding steroid dienone is 1. The molecule has 1 aromatic carbocycles. The Hall–Kier alpha value is -1.89. The normalized spacial score (nSPS) is 10.7. The van der Waals surface area contributed by atoms with Gasteiger partial charge < -0.3 is 5.11 Å². The third-order valence-corrected chi connectivity index (χ3v) is 2.97. The van der Waals surface area contributed by atoms with Gasteiger partial charge in [0.25, 0.3) is 0 Å². The standard InChI is InChI=1S/C16H12BrNO/c17-16-10-9-14(11-18-16)15(12-19)8-4-7-13-5-2-1-3-6-13/h1-3,5-6,8-11,19H,12H2/b15-8+. The van der Waals surface area contributed by atoms with Crippen LogP contribution in [0.4, 0.5) is 0 Å². The predicted octanol–water partition coefficient (Wildman–Crippen LogP) is 3.27. The third kappa shape index (κ3) is 4.06. The smallest absolute Gasteiger partial charge is 0.106 e. The molecule has 2 rings (SSSR count). The first-order chi connectivity index (χ1) is 9.29. The van der Waals surface area contributed by atoms with Crippen molar-refractivity contribution < 1.29 is 5.11 Å². The van der Waals surface area contributed by atoms with Gasteiger partial charge in [-0.25, -0.2) is 4.98 Å². The van der Waals surface area contributed by atoms with Crippen LogP contribution in [-0.2, 0) is 0 Å². The van der Waals surface area contributed by atoms with E-state index in [9.17, 15) is 5.11 Å². The Morgan fingerprint density at radius 1 is 1.21 bits per heavy atom. The van der Waals surface area contributed by atoms with Crippen LogP contribution in [0.3, 0.4) is 0 Å². The predicted molar refractivity (Wildman–Crippen MR) is 80.3 cm³/mol. The summed E-state index contributed by atoms with van der Waals surface area (Å²) in [6.07, 6.45) is 3.42. The number of nitrogens with zero attached hydrogens (tertiary/aromatic N) is 1. The minimum absolute atomic E-state index is 0.0627. The van der Waals surface area contributed by atoms with Gasteiger partial charge in [-0.2, -0.15) is 0 Å². The van der Waals surface area contributed by atoms with E-state index in [1.807, 2.05) is 42.5 Å². The molecule has 0 aliphatic heterocycles. The van der Waals surface area contributed by atoms with Crippen LogP contribution in [0.15, 0.2) is 59.3 Å². The Morgan fingerprint density at radius 2 is 2.00 bits per heavy atom. The van der Waals surface area contributed by atoms with Gasteiger partial charge in [0.2, 0.25) is 0 Å². The Labute approximate surface area is 121 Å². The fourth-order valence-electron chi connectivity index (χ4n) is 1.51. The summed E-state index contributed by atoms with van der Waals surface area (Å²) in [5.74, 6) is 5.98. The van der Waals surface area contributed by atoms with Crippen molar-refractivity contribution >= 4 is 21.5 Å². The number of halogens is 1. The van der Waals surface area contributed by atoms with E-state index in [-0.39, 0.29) is 6.61 Å². The number of rotatable bonds is 2. The Morgan fingerprint density at radius 3 is 2.63 bits per heavy atom.